The van der Waals surface area contributed by atoms with Crippen molar-refractivity contribution in [3.8, 4) is 10.6 Å². The summed E-state index contributed by atoms with van der Waals surface area (Å²) in [4.78, 5) is 16.9. The van der Waals surface area contributed by atoms with Gasteiger partial charge in [-0.15, -0.1) is 11.3 Å². The molecule has 18 heavy (non-hydrogen) atoms. The number of esters is 1. The first kappa shape index (κ1) is 11.5. The van der Waals surface area contributed by atoms with E-state index in [-0.39, 0.29) is 11.8 Å². The quantitative estimate of drug-likeness (QED) is 0.794. The zero-order valence-corrected chi connectivity index (χ0v) is 10.8. The third kappa shape index (κ3) is 2.18. The monoisotopic (exact) mass is 263 g/mol. The highest BCUT2D eigenvalue weighted by molar-refractivity contribution is 7.13. The van der Waals surface area contributed by atoms with Crippen LogP contribution in [0.2, 0.25) is 0 Å². The number of ether oxygens (including phenoxy) is 1. The summed E-state index contributed by atoms with van der Waals surface area (Å²) < 4.78 is 10.7. The van der Waals surface area contributed by atoms with Gasteiger partial charge in [-0.05, 0) is 37.1 Å². The summed E-state index contributed by atoms with van der Waals surface area (Å²) in [5, 5.41) is 1.93. The molecule has 0 amide bonds. The number of aromatic nitrogens is 1. The number of hydrogen-bond acceptors (Lipinski definition) is 5. The number of carbonyl (C=O) groups is 1. The van der Waals surface area contributed by atoms with Crippen LogP contribution in [-0.4, -0.2) is 17.1 Å². The van der Waals surface area contributed by atoms with E-state index in [1.807, 2.05) is 24.4 Å². The first-order chi connectivity index (χ1) is 8.75. The molecule has 2 aromatic heterocycles. The van der Waals surface area contributed by atoms with Crippen LogP contribution in [0.1, 0.15) is 30.3 Å². The molecule has 0 spiro atoms. The molecule has 1 aliphatic carbocycles. The Hall–Kier alpha value is -1.62. The molecule has 1 aliphatic rings. The predicted octanol–water partition coefficient (Wildman–Crippen LogP) is 3.36. The van der Waals surface area contributed by atoms with Crippen molar-refractivity contribution in [1.82, 2.24) is 4.98 Å². The fourth-order valence-corrected chi connectivity index (χ4v) is 2.57. The maximum absolute atomic E-state index is 12.0. The van der Waals surface area contributed by atoms with Crippen molar-refractivity contribution in [1.29, 1.82) is 0 Å². The number of nitrogens with zero attached hydrogens (tertiary/aromatic N) is 1. The van der Waals surface area contributed by atoms with Crippen LogP contribution in [-0.2, 0) is 4.74 Å². The lowest BCUT2D eigenvalue weighted by Crippen LogP contribution is -2.17. The summed E-state index contributed by atoms with van der Waals surface area (Å²) in [6, 6.07) is 3.80. The topological polar surface area (TPSA) is 52.3 Å². The van der Waals surface area contributed by atoms with E-state index in [4.69, 9.17) is 9.15 Å². The molecule has 0 bridgehead atoms. The smallest absolute Gasteiger partial charge is 0.361 e. The van der Waals surface area contributed by atoms with E-state index in [1.165, 1.54) is 17.7 Å². The first-order valence-corrected chi connectivity index (χ1v) is 6.82. The number of oxazole rings is 1. The van der Waals surface area contributed by atoms with Gasteiger partial charge >= 0.3 is 5.97 Å². The minimum absolute atomic E-state index is 0.0367. The molecule has 2 aromatic rings. The van der Waals surface area contributed by atoms with Crippen molar-refractivity contribution in [3.63, 3.8) is 0 Å². The molecule has 0 saturated heterocycles. The van der Waals surface area contributed by atoms with Gasteiger partial charge in [-0.2, -0.15) is 0 Å². The summed E-state index contributed by atoms with van der Waals surface area (Å²) in [6.45, 7) is 1.93. The molecular formula is C13H13NO3S. The van der Waals surface area contributed by atoms with E-state index in [2.05, 4.69) is 4.98 Å². The van der Waals surface area contributed by atoms with E-state index in [9.17, 15) is 4.79 Å². The average molecular weight is 263 g/mol. The van der Waals surface area contributed by atoms with Gasteiger partial charge in [0.1, 0.15) is 6.10 Å². The van der Waals surface area contributed by atoms with Crippen LogP contribution in [0, 0.1) is 5.92 Å². The molecule has 3 rings (SSSR count). The Bertz CT molecular complexity index is 542. The third-order valence-electron chi connectivity index (χ3n) is 3.08. The Morgan fingerprint density at radius 3 is 3.11 bits per heavy atom. The number of carbonyl (C=O) groups excluding carboxylic acids is 1. The first-order valence-electron chi connectivity index (χ1n) is 5.94. The van der Waals surface area contributed by atoms with E-state index in [1.54, 1.807) is 0 Å². The molecule has 0 aromatic carbocycles. The lowest BCUT2D eigenvalue weighted by molar-refractivity contribution is 0.0289. The van der Waals surface area contributed by atoms with Crippen LogP contribution >= 0.6 is 11.3 Å². The largest absolute Gasteiger partial charge is 0.458 e. The minimum atomic E-state index is -0.397. The van der Waals surface area contributed by atoms with Gasteiger partial charge in [-0.1, -0.05) is 6.07 Å². The molecule has 1 fully saturated rings. The van der Waals surface area contributed by atoms with Crippen molar-refractivity contribution in [3.05, 3.63) is 29.6 Å². The van der Waals surface area contributed by atoms with Gasteiger partial charge < -0.3 is 9.15 Å². The van der Waals surface area contributed by atoms with Crippen LogP contribution in [0.3, 0.4) is 0 Å². The van der Waals surface area contributed by atoms with Gasteiger partial charge in [-0.25, -0.2) is 9.78 Å². The molecule has 2 heterocycles. The van der Waals surface area contributed by atoms with Gasteiger partial charge in [0.15, 0.2) is 17.8 Å². The summed E-state index contributed by atoms with van der Waals surface area (Å²) in [6.07, 6.45) is 3.54. The summed E-state index contributed by atoms with van der Waals surface area (Å²) in [7, 11) is 0. The lowest BCUT2D eigenvalue weighted by atomic mass is 10.2. The predicted molar refractivity (Wildman–Crippen MR) is 67.4 cm³/mol. The zero-order chi connectivity index (χ0) is 12.5. The van der Waals surface area contributed by atoms with E-state index < -0.39 is 5.97 Å². The van der Waals surface area contributed by atoms with Crippen molar-refractivity contribution in [2.45, 2.75) is 25.9 Å². The third-order valence-corrected chi connectivity index (χ3v) is 3.95. The SMILES string of the molecule is C[C@H](OC(=O)c1ncoc1-c1cccs1)C1CC1. The van der Waals surface area contributed by atoms with E-state index >= 15 is 0 Å². The molecule has 0 unspecified atom stereocenters. The summed E-state index contributed by atoms with van der Waals surface area (Å²) in [5.74, 6) is 0.621. The van der Waals surface area contributed by atoms with Crippen LogP contribution in [0.15, 0.2) is 28.3 Å². The highest BCUT2D eigenvalue weighted by Gasteiger charge is 2.32. The Kier molecular flexibility index (Phi) is 2.91. The zero-order valence-electron chi connectivity index (χ0n) is 9.96. The van der Waals surface area contributed by atoms with Crippen molar-refractivity contribution >= 4 is 17.3 Å². The van der Waals surface area contributed by atoms with Crippen molar-refractivity contribution in [2.24, 2.45) is 5.92 Å². The molecule has 4 nitrogen and oxygen atoms in total. The van der Waals surface area contributed by atoms with Crippen LogP contribution < -0.4 is 0 Å². The fourth-order valence-electron chi connectivity index (χ4n) is 1.86. The van der Waals surface area contributed by atoms with Crippen LogP contribution in [0.5, 0.6) is 0 Å². The Morgan fingerprint density at radius 1 is 1.61 bits per heavy atom. The molecule has 0 N–H and O–H groups in total. The van der Waals surface area contributed by atoms with Crippen LogP contribution in [0.25, 0.3) is 10.6 Å². The minimum Gasteiger partial charge on any atom is -0.458 e. The Morgan fingerprint density at radius 2 is 2.44 bits per heavy atom. The van der Waals surface area contributed by atoms with Gasteiger partial charge in [-0.3, -0.25) is 0 Å². The van der Waals surface area contributed by atoms with Crippen molar-refractivity contribution < 1.29 is 13.9 Å². The summed E-state index contributed by atoms with van der Waals surface area (Å²) in [5.41, 5.74) is 0.268. The molecule has 0 radical (unpaired) electrons. The number of hydrogen-bond donors (Lipinski definition) is 0. The number of rotatable bonds is 4. The van der Waals surface area contributed by atoms with Gasteiger partial charge in [0, 0.05) is 0 Å². The maximum Gasteiger partial charge on any atom is 0.361 e. The number of thiophene rings is 1. The second-order valence-corrected chi connectivity index (χ2v) is 5.40. The standard InChI is InChI=1S/C13H13NO3S/c1-8(9-4-5-9)17-13(15)11-12(16-7-14-11)10-3-2-6-18-10/h2-3,6-9H,4-5H2,1H3/t8-/m0/s1. The maximum atomic E-state index is 12.0. The highest BCUT2D eigenvalue weighted by Crippen LogP contribution is 2.35. The molecule has 0 aliphatic heterocycles. The van der Waals surface area contributed by atoms with Gasteiger partial charge in [0.25, 0.3) is 0 Å². The average Bonchev–Trinajstić information content (AvgIpc) is 2.90. The van der Waals surface area contributed by atoms with Gasteiger partial charge in [0.2, 0.25) is 0 Å². The molecular weight excluding hydrogens is 250 g/mol. The summed E-state index contributed by atoms with van der Waals surface area (Å²) >= 11 is 1.51. The van der Waals surface area contributed by atoms with E-state index in [0.29, 0.717) is 11.7 Å². The molecule has 94 valence electrons. The Labute approximate surface area is 109 Å². The van der Waals surface area contributed by atoms with Crippen molar-refractivity contribution in [2.75, 3.05) is 0 Å². The highest BCUT2D eigenvalue weighted by atomic mass is 32.1. The molecule has 1 atom stereocenters. The van der Waals surface area contributed by atoms with E-state index in [0.717, 1.165) is 17.7 Å². The molecule has 1 saturated carbocycles. The molecule has 5 heteroatoms. The lowest BCUT2D eigenvalue weighted by Gasteiger charge is -2.10. The van der Waals surface area contributed by atoms with Crippen LogP contribution in [0.4, 0.5) is 0 Å². The Balaban J connectivity index is 1.79. The fraction of sp³-hybridized carbons (Fsp3) is 0.385. The second-order valence-electron chi connectivity index (χ2n) is 4.46. The van der Waals surface area contributed by atoms with Gasteiger partial charge in [0.05, 0.1) is 4.88 Å². The second kappa shape index (κ2) is 4.57. The normalized spacial score (nSPS) is 16.5.